The third-order valence-electron chi connectivity index (χ3n) is 3.99. The summed E-state index contributed by atoms with van der Waals surface area (Å²) in [4.78, 5) is 10.7. The molecule has 0 saturated heterocycles. The van der Waals surface area contributed by atoms with E-state index in [0.717, 1.165) is 13.1 Å². The summed E-state index contributed by atoms with van der Waals surface area (Å²) in [5.41, 5.74) is 1.14. The Kier molecular flexibility index (Phi) is 4.24. The normalized spacial score (nSPS) is 12.7. The van der Waals surface area contributed by atoms with Crippen molar-refractivity contribution in [3.8, 4) is 0 Å². The number of halogens is 1. The van der Waals surface area contributed by atoms with Crippen LogP contribution in [0.15, 0.2) is 47.6 Å². The molecule has 2 heterocycles. The molecule has 4 nitrogen and oxygen atoms in total. The van der Waals surface area contributed by atoms with Crippen LogP contribution in [0.5, 0.6) is 0 Å². The zero-order valence-corrected chi connectivity index (χ0v) is 17.7. The molecule has 3 rings (SSSR count). The first-order chi connectivity index (χ1) is 11.1. The molecule has 0 fully saturated rings. The van der Waals surface area contributed by atoms with Crippen LogP contribution in [0.4, 0.5) is 4.39 Å². The Hall–Kier alpha value is -1.41. The average Bonchev–Trinajstić information content (AvgIpc) is 2.89. The molecule has 0 spiro atoms. The Morgan fingerprint density at radius 3 is 2.29 bits per heavy atom. The van der Waals surface area contributed by atoms with Gasteiger partial charge in [-0.05, 0) is 0 Å². The predicted molar refractivity (Wildman–Crippen MR) is 96.4 cm³/mol. The minimum atomic E-state index is -3.82. The fraction of sp³-hybridized carbons (Fsp3) is 0.235. The average molecular weight is 453 g/mol. The van der Waals surface area contributed by atoms with E-state index in [0.29, 0.717) is 5.39 Å². The number of fused-ring (bicyclic) bond motifs is 1. The zero-order valence-electron chi connectivity index (χ0n) is 14.0. The number of hydrogen-bond acceptors (Lipinski definition) is 3. The summed E-state index contributed by atoms with van der Waals surface area (Å²) in [5, 5.41) is 0.344. The van der Waals surface area contributed by atoms with Gasteiger partial charge in [0.25, 0.3) is 0 Å². The number of pyridine rings is 1. The molecule has 0 unspecified atom stereocenters. The van der Waals surface area contributed by atoms with Gasteiger partial charge in [-0.1, -0.05) is 0 Å². The molecule has 0 saturated carbocycles. The number of hydrogen-bond donors (Lipinski definition) is 0. The van der Waals surface area contributed by atoms with Crippen molar-refractivity contribution in [2.45, 2.75) is 26.6 Å². The fourth-order valence-electron chi connectivity index (χ4n) is 2.66. The molecule has 0 N–H and O–H groups in total. The van der Waals surface area contributed by atoms with Gasteiger partial charge in [0.15, 0.2) is 0 Å². The maximum atomic E-state index is 14.4. The van der Waals surface area contributed by atoms with Gasteiger partial charge in [-0.2, -0.15) is 0 Å². The van der Waals surface area contributed by atoms with E-state index in [2.05, 4.69) is 19.8 Å². The van der Waals surface area contributed by atoms with Crippen molar-refractivity contribution in [3.05, 3.63) is 54.1 Å². The Morgan fingerprint density at radius 2 is 1.71 bits per heavy atom. The van der Waals surface area contributed by atoms with Gasteiger partial charge in [0.05, 0.1) is 0 Å². The number of aryl methyl sites for hydroxylation is 1. The topological polar surface area (TPSA) is 52.0 Å². The molecule has 24 heavy (non-hydrogen) atoms. The van der Waals surface area contributed by atoms with Crippen molar-refractivity contribution in [1.82, 2.24) is 8.96 Å². The van der Waals surface area contributed by atoms with Crippen molar-refractivity contribution in [1.29, 1.82) is 0 Å². The van der Waals surface area contributed by atoms with Crippen LogP contribution in [0.3, 0.4) is 0 Å². The van der Waals surface area contributed by atoms with E-state index in [9.17, 15) is 12.8 Å². The quantitative estimate of drug-likeness (QED) is 0.573. The van der Waals surface area contributed by atoms with Gasteiger partial charge in [-0.3, -0.25) is 0 Å². The summed E-state index contributed by atoms with van der Waals surface area (Å²) in [6.45, 7) is 1.89. The molecule has 1 aromatic carbocycles. The van der Waals surface area contributed by atoms with Crippen LogP contribution in [0.25, 0.3) is 11.0 Å². The first kappa shape index (κ1) is 17.4. The van der Waals surface area contributed by atoms with Crippen LogP contribution in [0.1, 0.15) is 5.56 Å². The first-order valence-corrected chi connectivity index (χ1v) is 19.0. The molecular weight excluding hydrogens is 434 g/mol. The van der Waals surface area contributed by atoms with Crippen molar-refractivity contribution in [3.63, 3.8) is 0 Å². The predicted octanol–water partition coefficient (Wildman–Crippen LogP) is 3.27. The van der Waals surface area contributed by atoms with Gasteiger partial charge in [0.1, 0.15) is 0 Å². The number of aromatic nitrogens is 2. The summed E-state index contributed by atoms with van der Waals surface area (Å²) in [7, 11) is -3.82. The monoisotopic (exact) mass is 454 g/mol. The van der Waals surface area contributed by atoms with Gasteiger partial charge in [-0.25, -0.2) is 0 Å². The van der Waals surface area contributed by atoms with Crippen LogP contribution >= 0.6 is 0 Å². The molecule has 2 aromatic heterocycles. The minimum absolute atomic E-state index is 0.164. The standard InChI is InChI=1S/C14H10FN2O2S.3CH3.Sn/c1-10-2-4-11(5-3-10)20(18,19)17-9-7-12-13(15)6-8-16-14(12)17;;;;/h2-6,8-9H,1H3;3*1H3;. The van der Waals surface area contributed by atoms with Crippen molar-refractivity contribution >= 4 is 43.0 Å². The van der Waals surface area contributed by atoms with Crippen molar-refractivity contribution in [2.24, 2.45) is 0 Å². The van der Waals surface area contributed by atoms with E-state index in [-0.39, 0.29) is 10.5 Å². The van der Waals surface area contributed by atoms with Crippen LogP contribution < -0.4 is 3.58 Å². The SMILES string of the molecule is Cc1ccc(S(=O)(=O)n2c[c]([Sn]([CH3])([CH3])[CH3])c3c(F)ccnc32)cc1. The molecule has 126 valence electrons. The second-order valence-corrected chi connectivity index (χ2v) is 23.1. The van der Waals surface area contributed by atoms with Gasteiger partial charge in [0.2, 0.25) is 0 Å². The maximum absolute atomic E-state index is 14.4. The van der Waals surface area contributed by atoms with Crippen molar-refractivity contribution < 1.29 is 12.8 Å². The molecule has 7 heteroatoms. The van der Waals surface area contributed by atoms with Gasteiger partial charge >= 0.3 is 146 Å². The molecule has 0 radical (unpaired) electrons. The Bertz CT molecular complexity index is 1020. The summed E-state index contributed by atoms with van der Waals surface area (Å²) in [6.07, 6.45) is 2.88. The Morgan fingerprint density at radius 1 is 1.08 bits per heavy atom. The zero-order chi connectivity index (χ0) is 17.7. The molecule has 3 aromatic rings. The van der Waals surface area contributed by atoms with E-state index in [1.807, 2.05) is 6.92 Å². The summed E-state index contributed by atoms with van der Waals surface area (Å²) < 4.78 is 42.4. The number of rotatable bonds is 3. The second kappa shape index (κ2) is 5.84. The number of benzene rings is 1. The molecule has 0 aliphatic carbocycles. The third kappa shape index (κ3) is 2.86. The summed E-state index contributed by atoms with van der Waals surface area (Å²) in [6, 6.07) is 7.91. The Labute approximate surface area is 145 Å². The van der Waals surface area contributed by atoms with E-state index in [4.69, 9.17) is 0 Å². The van der Waals surface area contributed by atoms with Crippen LogP contribution in [-0.2, 0) is 10.0 Å². The second-order valence-electron chi connectivity index (χ2n) is 6.90. The van der Waals surface area contributed by atoms with Gasteiger partial charge in [0, 0.05) is 0 Å². The molecule has 0 aliphatic rings. The summed E-state index contributed by atoms with van der Waals surface area (Å²) in [5.74, 6) is -0.417. The fourth-order valence-corrected chi connectivity index (χ4v) is 8.52. The molecule has 0 aliphatic heterocycles. The molecule has 0 amide bonds. The van der Waals surface area contributed by atoms with E-state index < -0.39 is 34.2 Å². The van der Waals surface area contributed by atoms with E-state index in [1.54, 1.807) is 30.5 Å². The number of nitrogens with zero attached hydrogens (tertiary/aromatic N) is 2. The van der Waals surface area contributed by atoms with Crippen molar-refractivity contribution in [2.75, 3.05) is 0 Å². The van der Waals surface area contributed by atoms with Gasteiger partial charge < -0.3 is 0 Å². The first-order valence-electron chi connectivity index (χ1n) is 7.60. The summed E-state index contributed by atoms with van der Waals surface area (Å²) >= 11 is -2.75. The Balaban J connectivity index is 2.35. The van der Waals surface area contributed by atoms with E-state index in [1.165, 1.54) is 12.3 Å². The van der Waals surface area contributed by atoms with Crippen LogP contribution in [0, 0.1) is 12.7 Å². The van der Waals surface area contributed by atoms with Gasteiger partial charge in [-0.15, -0.1) is 0 Å². The molecular formula is C17H19FN2O2SSn. The van der Waals surface area contributed by atoms with Crippen LogP contribution in [0.2, 0.25) is 14.8 Å². The third-order valence-corrected chi connectivity index (χ3v) is 11.3. The van der Waals surface area contributed by atoms with Crippen LogP contribution in [-0.4, -0.2) is 35.8 Å². The molecule has 0 bridgehead atoms. The van der Waals surface area contributed by atoms with E-state index >= 15 is 0 Å². The molecule has 0 atom stereocenters.